The fraction of sp³-hybridized carbons (Fsp3) is 0.444. The fourth-order valence-corrected chi connectivity index (χ4v) is 0.938. The Balaban J connectivity index is 2.53. The van der Waals surface area contributed by atoms with Crippen LogP contribution in [0.5, 0.6) is 0 Å². The Hall–Kier alpha value is -1.25. The molecule has 1 rings (SSSR count). The van der Waals surface area contributed by atoms with E-state index >= 15 is 0 Å². The summed E-state index contributed by atoms with van der Waals surface area (Å²) >= 11 is 0. The molecule has 12 heavy (non-hydrogen) atoms. The molecule has 0 N–H and O–H groups in total. The predicted molar refractivity (Wildman–Crippen MR) is 46.4 cm³/mol. The van der Waals surface area contributed by atoms with Crippen LogP contribution < -0.4 is 0 Å². The Labute approximate surface area is 72.3 Å². The van der Waals surface area contributed by atoms with Gasteiger partial charge >= 0.3 is 6.09 Å². The van der Waals surface area contributed by atoms with Crippen molar-refractivity contribution in [2.24, 2.45) is 0 Å². The molecular formula is C9H13NO2. The highest BCUT2D eigenvalue weighted by atomic mass is 16.5. The summed E-state index contributed by atoms with van der Waals surface area (Å²) in [6, 6.07) is 0. The maximum absolute atomic E-state index is 11.2. The molecule has 1 heterocycles. The van der Waals surface area contributed by atoms with E-state index in [1.165, 1.54) is 4.90 Å². The van der Waals surface area contributed by atoms with Gasteiger partial charge in [0.15, 0.2) is 0 Å². The standard InChI is InChI=1S/C9H13NO2/c1-2-12-9(11)10-7-5-3-4-6-8-10/h5-8H,2-4H2,1H3. The number of nitrogens with zero attached hydrogens (tertiary/aromatic N) is 1. The zero-order valence-electron chi connectivity index (χ0n) is 7.19. The first kappa shape index (κ1) is 8.84. The number of hydrogen-bond donors (Lipinski definition) is 0. The molecular weight excluding hydrogens is 154 g/mol. The van der Waals surface area contributed by atoms with Crippen molar-refractivity contribution in [3.8, 4) is 0 Å². The number of amides is 1. The third kappa shape index (κ3) is 2.42. The lowest BCUT2D eigenvalue weighted by Gasteiger charge is -2.11. The van der Waals surface area contributed by atoms with Gasteiger partial charge in [0, 0.05) is 12.4 Å². The van der Waals surface area contributed by atoms with Crippen LogP contribution in [0.2, 0.25) is 0 Å². The van der Waals surface area contributed by atoms with E-state index in [9.17, 15) is 4.79 Å². The van der Waals surface area contributed by atoms with Crippen LogP contribution in [0.15, 0.2) is 24.6 Å². The molecule has 0 bridgehead atoms. The number of rotatable bonds is 1. The molecule has 3 nitrogen and oxygen atoms in total. The lowest BCUT2D eigenvalue weighted by Crippen LogP contribution is -2.20. The summed E-state index contributed by atoms with van der Waals surface area (Å²) in [6.07, 6.45) is 9.03. The highest BCUT2D eigenvalue weighted by Gasteiger charge is 2.08. The van der Waals surface area contributed by atoms with Crippen LogP contribution in [-0.4, -0.2) is 17.6 Å². The third-order valence-electron chi connectivity index (χ3n) is 1.51. The van der Waals surface area contributed by atoms with Crippen molar-refractivity contribution in [1.82, 2.24) is 4.90 Å². The van der Waals surface area contributed by atoms with Gasteiger partial charge in [-0.1, -0.05) is 12.2 Å². The summed E-state index contributed by atoms with van der Waals surface area (Å²) in [5.41, 5.74) is 0. The lowest BCUT2D eigenvalue weighted by atomic mass is 10.3. The highest BCUT2D eigenvalue weighted by Crippen LogP contribution is 2.05. The van der Waals surface area contributed by atoms with E-state index in [4.69, 9.17) is 4.74 Å². The van der Waals surface area contributed by atoms with Gasteiger partial charge < -0.3 is 4.74 Å². The monoisotopic (exact) mass is 167 g/mol. The van der Waals surface area contributed by atoms with Crippen molar-refractivity contribution in [2.45, 2.75) is 19.8 Å². The van der Waals surface area contributed by atoms with E-state index in [1.807, 2.05) is 12.2 Å². The van der Waals surface area contributed by atoms with Crippen LogP contribution in [0.4, 0.5) is 4.79 Å². The number of carbonyl (C=O) groups excluding carboxylic acids is 1. The molecule has 0 radical (unpaired) electrons. The zero-order valence-corrected chi connectivity index (χ0v) is 7.19. The van der Waals surface area contributed by atoms with Crippen LogP contribution in [0.3, 0.4) is 0 Å². The Morgan fingerprint density at radius 1 is 1.42 bits per heavy atom. The topological polar surface area (TPSA) is 29.5 Å². The van der Waals surface area contributed by atoms with Crippen molar-refractivity contribution in [3.63, 3.8) is 0 Å². The molecule has 0 aliphatic carbocycles. The molecule has 0 saturated heterocycles. The largest absolute Gasteiger partial charge is 0.449 e. The Morgan fingerprint density at radius 2 is 2.00 bits per heavy atom. The molecule has 66 valence electrons. The maximum Gasteiger partial charge on any atom is 0.417 e. The van der Waals surface area contributed by atoms with E-state index in [0.29, 0.717) is 6.61 Å². The van der Waals surface area contributed by atoms with Gasteiger partial charge in [0.05, 0.1) is 6.61 Å². The van der Waals surface area contributed by atoms with Crippen molar-refractivity contribution in [1.29, 1.82) is 0 Å². The Morgan fingerprint density at radius 3 is 2.50 bits per heavy atom. The summed E-state index contributed by atoms with van der Waals surface area (Å²) < 4.78 is 4.82. The average Bonchev–Trinajstić information content (AvgIpc) is 2.32. The van der Waals surface area contributed by atoms with Gasteiger partial charge in [0.1, 0.15) is 0 Å². The molecule has 0 spiro atoms. The second-order valence-electron chi connectivity index (χ2n) is 2.45. The molecule has 0 aromatic heterocycles. The van der Waals surface area contributed by atoms with Crippen molar-refractivity contribution in [2.75, 3.05) is 6.61 Å². The number of allylic oxidation sites excluding steroid dienone is 2. The normalized spacial score (nSPS) is 15.9. The van der Waals surface area contributed by atoms with E-state index in [1.54, 1.807) is 19.3 Å². The van der Waals surface area contributed by atoms with Crippen LogP contribution >= 0.6 is 0 Å². The molecule has 0 unspecified atom stereocenters. The first-order valence-electron chi connectivity index (χ1n) is 4.13. The maximum atomic E-state index is 11.2. The van der Waals surface area contributed by atoms with Crippen molar-refractivity contribution < 1.29 is 9.53 Å². The predicted octanol–water partition coefficient (Wildman–Crippen LogP) is 2.27. The number of ether oxygens (including phenoxy) is 1. The first-order chi connectivity index (χ1) is 5.84. The van der Waals surface area contributed by atoms with E-state index in [-0.39, 0.29) is 6.09 Å². The second kappa shape index (κ2) is 4.59. The van der Waals surface area contributed by atoms with Gasteiger partial charge in [-0.05, 0) is 19.8 Å². The molecule has 0 atom stereocenters. The Kier molecular flexibility index (Phi) is 3.38. The average molecular weight is 167 g/mol. The molecule has 1 amide bonds. The second-order valence-corrected chi connectivity index (χ2v) is 2.45. The molecule has 1 aliphatic rings. The van der Waals surface area contributed by atoms with Crippen LogP contribution in [0.25, 0.3) is 0 Å². The number of carbonyl (C=O) groups is 1. The molecule has 0 fully saturated rings. The highest BCUT2D eigenvalue weighted by molar-refractivity contribution is 5.70. The number of hydrogen-bond acceptors (Lipinski definition) is 2. The van der Waals surface area contributed by atoms with Crippen molar-refractivity contribution in [3.05, 3.63) is 24.6 Å². The van der Waals surface area contributed by atoms with E-state index in [0.717, 1.165) is 12.8 Å². The zero-order chi connectivity index (χ0) is 8.81. The summed E-state index contributed by atoms with van der Waals surface area (Å²) in [5, 5.41) is 0. The van der Waals surface area contributed by atoms with Gasteiger partial charge in [-0.3, -0.25) is 4.90 Å². The molecule has 0 aromatic rings. The minimum atomic E-state index is -0.313. The van der Waals surface area contributed by atoms with Gasteiger partial charge in [-0.25, -0.2) is 4.79 Å². The molecule has 0 aromatic carbocycles. The minimum Gasteiger partial charge on any atom is -0.449 e. The quantitative estimate of drug-likeness (QED) is 0.599. The molecule has 1 aliphatic heterocycles. The Bertz CT molecular complexity index is 195. The van der Waals surface area contributed by atoms with Gasteiger partial charge in [0.25, 0.3) is 0 Å². The van der Waals surface area contributed by atoms with Gasteiger partial charge in [-0.2, -0.15) is 0 Å². The SMILES string of the molecule is CCOC(=O)N1C=CCCC=C1. The van der Waals surface area contributed by atoms with E-state index < -0.39 is 0 Å². The fourth-order valence-electron chi connectivity index (χ4n) is 0.938. The smallest absolute Gasteiger partial charge is 0.417 e. The summed E-state index contributed by atoms with van der Waals surface area (Å²) in [5.74, 6) is 0. The van der Waals surface area contributed by atoms with Crippen LogP contribution in [-0.2, 0) is 4.74 Å². The van der Waals surface area contributed by atoms with Crippen LogP contribution in [0, 0.1) is 0 Å². The summed E-state index contributed by atoms with van der Waals surface area (Å²) in [7, 11) is 0. The van der Waals surface area contributed by atoms with E-state index in [2.05, 4.69) is 0 Å². The molecule has 3 heteroatoms. The summed E-state index contributed by atoms with van der Waals surface area (Å²) in [6.45, 7) is 2.21. The minimum absolute atomic E-state index is 0.313. The van der Waals surface area contributed by atoms with Gasteiger partial charge in [-0.15, -0.1) is 0 Å². The van der Waals surface area contributed by atoms with Crippen molar-refractivity contribution >= 4 is 6.09 Å². The lowest BCUT2D eigenvalue weighted by molar-refractivity contribution is 0.133. The van der Waals surface area contributed by atoms with Gasteiger partial charge in [0.2, 0.25) is 0 Å². The van der Waals surface area contributed by atoms with Crippen LogP contribution in [0.1, 0.15) is 19.8 Å². The molecule has 0 saturated carbocycles. The first-order valence-corrected chi connectivity index (χ1v) is 4.13. The summed E-state index contributed by atoms with van der Waals surface area (Å²) in [4.78, 5) is 12.6. The third-order valence-corrected chi connectivity index (χ3v) is 1.51.